The second kappa shape index (κ2) is 8.57. The Morgan fingerprint density at radius 1 is 1.28 bits per heavy atom. The first-order valence-corrected chi connectivity index (χ1v) is 10.0. The number of amides is 1. The van der Waals surface area contributed by atoms with Gasteiger partial charge in [-0.15, -0.1) is 0 Å². The van der Waals surface area contributed by atoms with Gasteiger partial charge in [0.15, 0.2) is 5.82 Å². The van der Waals surface area contributed by atoms with Crippen molar-refractivity contribution in [3.63, 3.8) is 0 Å². The molecule has 1 saturated carbocycles. The molecule has 1 atom stereocenters. The van der Waals surface area contributed by atoms with Crippen LogP contribution in [0.4, 0.5) is 0 Å². The zero-order valence-electron chi connectivity index (χ0n) is 16.7. The van der Waals surface area contributed by atoms with E-state index in [0.29, 0.717) is 24.7 Å². The van der Waals surface area contributed by atoms with E-state index in [1.807, 2.05) is 43.6 Å². The Kier molecular flexibility index (Phi) is 5.71. The first kappa shape index (κ1) is 19.3. The number of nitrogens with zero attached hydrogens (tertiary/aromatic N) is 5. The van der Waals surface area contributed by atoms with Gasteiger partial charge in [0.05, 0.1) is 12.2 Å². The van der Waals surface area contributed by atoms with Crippen LogP contribution in [0.15, 0.2) is 42.7 Å². The predicted molar refractivity (Wildman–Crippen MR) is 109 cm³/mol. The fourth-order valence-electron chi connectivity index (χ4n) is 3.38. The number of benzene rings is 1. The minimum absolute atomic E-state index is 0.107. The number of nitrogens with one attached hydrogen (secondary N) is 1. The zero-order valence-corrected chi connectivity index (χ0v) is 16.7. The summed E-state index contributed by atoms with van der Waals surface area (Å²) in [5, 5.41) is 11.6. The van der Waals surface area contributed by atoms with Crippen molar-refractivity contribution >= 4 is 5.91 Å². The molecule has 1 fully saturated rings. The quantitative estimate of drug-likeness (QED) is 0.574. The summed E-state index contributed by atoms with van der Waals surface area (Å²) in [6.45, 7) is 0.539. The standard InChI is InChI=1S/C21H27N7O/c1-27-13-17(12-24-27)11-23-20(29)14-28-21(25-19(26-28)10-16-7-8-16)18(22)9-15-5-3-2-4-6-15/h2-6,12-13,16,18H,7-11,14,22H2,1H3,(H,23,29). The minimum Gasteiger partial charge on any atom is -0.350 e. The van der Waals surface area contributed by atoms with Gasteiger partial charge in [-0.3, -0.25) is 9.48 Å². The van der Waals surface area contributed by atoms with Crippen molar-refractivity contribution in [2.24, 2.45) is 18.7 Å². The van der Waals surface area contributed by atoms with Crippen LogP contribution in [-0.2, 0) is 37.8 Å². The van der Waals surface area contributed by atoms with Crippen LogP contribution in [0.1, 0.15) is 41.7 Å². The van der Waals surface area contributed by atoms with E-state index in [1.54, 1.807) is 15.6 Å². The maximum atomic E-state index is 12.5. The van der Waals surface area contributed by atoms with Gasteiger partial charge in [-0.25, -0.2) is 9.67 Å². The number of rotatable bonds is 9. The summed E-state index contributed by atoms with van der Waals surface area (Å²) in [5.74, 6) is 2.00. The fourth-order valence-corrected chi connectivity index (χ4v) is 3.38. The average molecular weight is 393 g/mol. The Morgan fingerprint density at radius 2 is 2.07 bits per heavy atom. The summed E-state index contributed by atoms with van der Waals surface area (Å²) in [5.41, 5.74) is 8.56. The molecule has 2 aromatic heterocycles. The Bertz CT molecular complexity index is 959. The molecule has 1 aromatic carbocycles. The third-order valence-corrected chi connectivity index (χ3v) is 5.08. The molecule has 0 aliphatic heterocycles. The summed E-state index contributed by atoms with van der Waals surface area (Å²) < 4.78 is 3.38. The molecule has 152 valence electrons. The molecule has 1 unspecified atom stereocenters. The van der Waals surface area contributed by atoms with E-state index in [4.69, 9.17) is 10.7 Å². The number of carbonyl (C=O) groups is 1. The molecule has 3 N–H and O–H groups in total. The molecular weight excluding hydrogens is 366 g/mol. The zero-order chi connectivity index (χ0) is 20.2. The molecular formula is C21H27N7O. The summed E-state index contributed by atoms with van der Waals surface area (Å²) in [6.07, 6.45) is 7.58. The number of hydrogen-bond acceptors (Lipinski definition) is 5. The highest BCUT2D eigenvalue weighted by Gasteiger charge is 2.26. The molecule has 0 radical (unpaired) electrons. The third-order valence-electron chi connectivity index (χ3n) is 5.08. The summed E-state index contributed by atoms with van der Waals surface area (Å²) in [4.78, 5) is 17.2. The van der Waals surface area contributed by atoms with Crippen molar-refractivity contribution < 1.29 is 4.79 Å². The van der Waals surface area contributed by atoms with Gasteiger partial charge in [0.2, 0.25) is 5.91 Å². The normalized spacial score (nSPS) is 14.7. The Labute approximate surface area is 170 Å². The molecule has 2 heterocycles. The van der Waals surface area contributed by atoms with Crippen LogP contribution in [0.3, 0.4) is 0 Å². The molecule has 0 bridgehead atoms. The highest BCUT2D eigenvalue weighted by Crippen LogP contribution is 2.32. The summed E-state index contributed by atoms with van der Waals surface area (Å²) in [7, 11) is 1.85. The molecule has 8 nitrogen and oxygen atoms in total. The van der Waals surface area contributed by atoms with Gasteiger partial charge >= 0.3 is 0 Å². The number of aromatic nitrogens is 5. The summed E-state index contributed by atoms with van der Waals surface area (Å²) >= 11 is 0. The molecule has 1 amide bonds. The number of carbonyl (C=O) groups excluding carboxylic acids is 1. The van der Waals surface area contributed by atoms with Crippen molar-refractivity contribution in [2.75, 3.05) is 0 Å². The van der Waals surface area contributed by atoms with E-state index >= 15 is 0 Å². The lowest BCUT2D eigenvalue weighted by molar-refractivity contribution is -0.122. The Balaban J connectivity index is 1.44. The number of hydrogen-bond donors (Lipinski definition) is 2. The fraction of sp³-hybridized carbons (Fsp3) is 0.429. The van der Waals surface area contributed by atoms with Gasteiger partial charge in [-0.1, -0.05) is 30.3 Å². The van der Waals surface area contributed by atoms with Gasteiger partial charge in [-0.05, 0) is 30.7 Å². The smallest absolute Gasteiger partial charge is 0.242 e. The van der Waals surface area contributed by atoms with Crippen molar-refractivity contribution in [1.29, 1.82) is 0 Å². The van der Waals surface area contributed by atoms with E-state index in [9.17, 15) is 4.79 Å². The molecule has 1 aliphatic rings. The van der Waals surface area contributed by atoms with E-state index in [0.717, 1.165) is 23.4 Å². The lowest BCUT2D eigenvalue weighted by Crippen LogP contribution is -2.29. The van der Waals surface area contributed by atoms with Crippen molar-refractivity contribution in [1.82, 2.24) is 29.9 Å². The van der Waals surface area contributed by atoms with Crippen LogP contribution in [0.25, 0.3) is 0 Å². The highest BCUT2D eigenvalue weighted by molar-refractivity contribution is 5.75. The average Bonchev–Trinajstić information content (AvgIpc) is 3.28. The minimum atomic E-state index is -0.316. The van der Waals surface area contributed by atoms with Gasteiger partial charge < -0.3 is 11.1 Å². The Morgan fingerprint density at radius 3 is 2.76 bits per heavy atom. The first-order valence-electron chi connectivity index (χ1n) is 10.0. The van der Waals surface area contributed by atoms with Gasteiger partial charge in [0, 0.05) is 31.8 Å². The Hall–Kier alpha value is -3.00. The largest absolute Gasteiger partial charge is 0.350 e. The summed E-state index contributed by atoms with van der Waals surface area (Å²) in [6, 6.07) is 9.76. The van der Waals surface area contributed by atoms with Crippen molar-refractivity contribution in [3.05, 3.63) is 65.5 Å². The monoisotopic (exact) mass is 393 g/mol. The molecule has 3 aromatic rings. The first-order chi connectivity index (χ1) is 14.1. The lowest BCUT2D eigenvalue weighted by Gasteiger charge is -2.13. The van der Waals surface area contributed by atoms with E-state index < -0.39 is 0 Å². The number of nitrogens with two attached hydrogens (primary N) is 1. The van der Waals surface area contributed by atoms with Crippen LogP contribution in [0, 0.1) is 5.92 Å². The van der Waals surface area contributed by atoms with E-state index in [-0.39, 0.29) is 18.5 Å². The second-order valence-electron chi connectivity index (χ2n) is 7.79. The third kappa shape index (κ3) is 5.29. The molecule has 29 heavy (non-hydrogen) atoms. The maximum absolute atomic E-state index is 12.5. The van der Waals surface area contributed by atoms with E-state index in [1.165, 1.54) is 12.8 Å². The molecule has 0 spiro atoms. The maximum Gasteiger partial charge on any atom is 0.242 e. The van der Waals surface area contributed by atoms with Crippen molar-refractivity contribution in [3.8, 4) is 0 Å². The van der Waals surface area contributed by atoms with Crippen LogP contribution in [0.2, 0.25) is 0 Å². The predicted octanol–water partition coefficient (Wildman–Crippen LogP) is 1.52. The number of aryl methyl sites for hydroxylation is 1. The van der Waals surface area contributed by atoms with Crippen molar-refractivity contribution in [2.45, 2.75) is 44.8 Å². The van der Waals surface area contributed by atoms with Crippen LogP contribution >= 0.6 is 0 Å². The van der Waals surface area contributed by atoms with Crippen LogP contribution < -0.4 is 11.1 Å². The molecule has 0 saturated heterocycles. The van der Waals surface area contributed by atoms with E-state index in [2.05, 4.69) is 15.5 Å². The van der Waals surface area contributed by atoms with Crippen LogP contribution in [-0.4, -0.2) is 30.5 Å². The van der Waals surface area contributed by atoms with Gasteiger partial charge in [-0.2, -0.15) is 10.2 Å². The molecule has 8 heteroatoms. The second-order valence-corrected chi connectivity index (χ2v) is 7.79. The SMILES string of the molecule is Cn1cc(CNC(=O)Cn2nc(CC3CC3)nc2C(N)Cc2ccccc2)cn1. The van der Waals surface area contributed by atoms with Gasteiger partial charge in [0.25, 0.3) is 0 Å². The topological polar surface area (TPSA) is 104 Å². The highest BCUT2D eigenvalue weighted by atomic mass is 16.2. The van der Waals surface area contributed by atoms with Gasteiger partial charge in [0.1, 0.15) is 12.4 Å². The molecule has 4 rings (SSSR count). The molecule has 1 aliphatic carbocycles. The lowest BCUT2D eigenvalue weighted by atomic mass is 10.1. The van der Waals surface area contributed by atoms with Crippen LogP contribution in [0.5, 0.6) is 0 Å².